The van der Waals surface area contributed by atoms with Crippen LogP contribution in [0.3, 0.4) is 0 Å². The van der Waals surface area contributed by atoms with Crippen molar-refractivity contribution in [2.45, 2.75) is 57.8 Å². The van der Waals surface area contributed by atoms with E-state index in [9.17, 15) is 9.59 Å². The van der Waals surface area contributed by atoms with Gasteiger partial charge < -0.3 is 9.47 Å². The van der Waals surface area contributed by atoms with Crippen molar-refractivity contribution in [1.82, 2.24) is 0 Å². The minimum atomic E-state index is -0.342. The zero-order valence-corrected chi connectivity index (χ0v) is 18.3. The van der Waals surface area contributed by atoms with Crippen LogP contribution in [0.15, 0.2) is 61.2 Å². The van der Waals surface area contributed by atoms with Crippen molar-refractivity contribution in [3.63, 3.8) is 0 Å². The van der Waals surface area contributed by atoms with Crippen molar-refractivity contribution < 1.29 is 19.1 Å². The SMILES string of the molecule is C=CC(=O)OCCCC1CCC(c2ccc(C(=O)Oc3ccccc3CC)cc2)CC1. The van der Waals surface area contributed by atoms with Crippen LogP contribution >= 0.6 is 0 Å². The van der Waals surface area contributed by atoms with Crippen LogP contribution in [-0.4, -0.2) is 18.5 Å². The second-order valence-electron chi connectivity index (χ2n) is 8.20. The molecule has 1 aliphatic rings. The minimum absolute atomic E-state index is 0.312. The summed E-state index contributed by atoms with van der Waals surface area (Å²) in [6.07, 6.45) is 8.74. The third-order valence-electron chi connectivity index (χ3n) is 6.19. The predicted molar refractivity (Wildman–Crippen MR) is 122 cm³/mol. The first kappa shape index (κ1) is 22.8. The van der Waals surface area contributed by atoms with E-state index < -0.39 is 0 Å². The quantitative estimate of drug-likeness (QED) is 0.208. The number of carbonyl (C=O) groups excluding carboxylic acids is 2. The predicted octanol–water partition coefficient (Wildman–Crippen LogP) is 6.25. The van der Waals surface area contributed by atoms with E-state index in [1.165, 1.54) is 24.5 Å². The Morgan fingerprint density at radius 3 is 2.42 bits per heavy atom. The maximum absolute atomic E-state index is 12.5. The van der Waals surface area contributed by atoms with Gasteiger partial charge in [-0.1, -0.05) is 43.8 Å². The highest BCUT2D eigenvalue weighted by Crippen LogP contribution is 2.37. The molecule has 0 atom stereocenters. The van der Waals surface area contributed by atoms with Gasteiger partial charge in [-0.15, -0.1) is 0 Å². The largest absolute Gasteiger partial charge is 0.463 e. The number of rotatable bonds is 9. The molecule has 4 heteroatoms. The van der Waals surface area contributed by atoms with Crippen molar-refractivity contribution in [2.75, 3.05) is 6.61 Å². The van der Waals surface area contributed by atoms with Crippen molar-refractivity contribution >= 4 is 11.9 Å². The number of para-hydroxylation sites is 1. The maximum Gasteiger partial charge on any atom is 0.343 e. The van der Waals surface area contributed by atoms with Gasteiger partial charge in [0.1, 0.15) is 5.75 Å². The third-order valence-corrected chi connectivity index (χ3v) is 6.19. The number of hydrogen-bond donors (Lipinski definition) is 0. The molecule has 0 radical (unpaired) electrons. The molecule has 1 fully saturated rings. The van der Waals surface area contributed by atoms with Gasteiger partial charge in [-0.25, -0.2) is 9.59 Å². The minimum Gasteiger partial charge on any atom is -0.463 e. The first-order valence-corrected chi connectivity index (χ1v) is 11.3. The molecule has 2 aromatic carbocycles. The standard InChI is InChI=1S/C27H32O4/c1-3-21-9-5-6-10-25(21)31-27(29)24-17-15-23(16-18-24)22-13-11-20(12-14-22)8-7-19-30-26(28)4-2/h4-6,9-10,15-18,20,22H,2-3,7-8,11-14,19H2,1H3. The van der Waals surface area contributed by atoms with Gasteiger partial charge in [-0.2, -0.15) is 0 Å². The van der Waals surface area contributed by atoms with Gasteiger partial charge in [-0.05, 0) is 86.1 Å². The van der Waals surface area contributed by atoms with Gasteiger partial charge in [0, 0.05) is 6.08 Å². The molecule has 164 valence electrons. The summed E-state index contributed by atoms with van der Waals surface area (Å²) in [5.41, 5.74) is 2.91. The summed E-state index contributed by atoms with van der Waals surface area (Å²) in [4.78, 5) is 23.6. The Morgan fingerprint density at radius 1 is 1.03 bits per heavy atom. The normalized spacial score (nSPS) is 18.2. The highest BCUT2D eigenvalue weighted by Gasteiger charge is 2.22. The molecule has 0 bridgehead atoms. The van der Waals surface area contributed by atoms with Crippen LogP contribution in [0.5, 0.6) is 5.75 Å². The van der Waals surface area contributed by atoms with E-state index >= 15 is 0 Å². The van der Waals surface area contributed by atoms with E-state index in [0.717, 1.165) is 37.7 Å². The molecule has 2 aromatic rings. The van der Waals surface area contributed by atoms with Crippen LogP contribution in [-0.2, 0) is 16.0 Å². The highest BCUT2D eigenvalue weighted by molar-refractivity contribution is 5.91. The first-order valence-electron chi connectivity index (χ1n) is 11.3. The summed E-state index contributed by atoms with van der Waals surface area (Å²) in [6.45, 7) is 5.93. The molecule has 1 aliphatic carbocycles. The van der Waals surface area contributed by atoms with E-state index in [4.69, 9.17) is 9.47 Å². The Balaban J connectivity index is 1.47. The molecule has 0 aromatic heterocycles. The fraction of sp³-hybridized carbons (Fsp3) is 0.407. The number of benzene rings is 2. The molecule has 0 unspecified atom stereocenters. The molecule has 31 heavy (non-hydrogen) atoms. The van der Waals surface area contributed by atoms with Crippen LogP contribution in [0.1, 0.15) is 72.9 Å². The van der Waals surface area contributed by atoms with Crippen LogP contribution in [0.25, 0.3) is 0 Å². The third kappa shape index (κ3) is 6.55. The summed E-state index contributed by atoms with van der Waals surface area (Å²) in [5.74, 6) is 1.22. The Labute approximate surface area is 185 Å². The molecule has 0 N–H and O–H groups in total. The van der Waals surface area contributed by atoms with Crippen LogP contribution in [0.4, 0.5) is 0 Å². The van der Waals surface area contributed by atoms with Crippen LogP contribution in [0, 0.1) is 5.92 Å². The van der Waals surface area contributed by atoms with E-state index in [1.54, 1.807) is 0 Å². The average molecular weight is 421 g/mol. The van der Waals surface area contributed by atoms with E-state index in [0.29, 0.717) is 29.8 Å². The number of aryl methyl sites for hydroxylation is 1. The van der Waals surface area contributed by atoms with Gasteiger partial charge in [0.2, 0.25) is 0 Å². The monoisotopic (exact) mass is 420 g/mol. The maximum atomic E-state index is 12.5. The summed E-state index contributed by atoms with van der Waals surface area (Å²) in [5, 5.41) is 0. The van der Waals surface area contributed by atoms with Crippen molar-refractivity contribution in [3.8, 4) is 5.75 Å². The van der Waals surface area contributed by atoms with Crippen molar-refractivity contribution in [3.05, 3.63) is 77.9 Å². The van der Waals surface area contributed by atoms with Gasteiger partial charge in [0.05, 0.1) is 12.2 Å². The molecule has 0 aliphatic heterocycles. The molecular weight excluding hydrogens is 388 g/mol. The Hall–Kier alpha value is -2.88. The average Bonchev–Trinajstić information content (AvgIpc) is 2.82. The number of hydrogen-bond acceptors (Lipinski definition) is 4. The molecule has 0 spiro atoms. The topological polar surface area (TPSA) is 52.6 Å². The second-order valence-corrected chi connectivity index (χ2v) is 8.20. The molecule has 4 nitrogen and oxygen atoms in total. The lowest BCUT2D eigenvalue weighted by molar-refractivity contribution is -0.137. The lowest BCUT2D eigenvalue weighted by atomic mass is 9.77. The molecule has 1 saturated carbocycles. The van der Waals surface area contributed by atoms with E-state index in [1.807, 2.05) is 43.3 Å². The van der Waals surface area contributed by atoms with Crippen molar-refractivity contribution in [1.29, 1.82) is 0 Å². The Bertz CT molecular complexity index is 876. The van der Waals surface area contributed by atoms with Gasteiger partial charge in [0.25, 0.3) is 0 Å². The van der Waals surface area contributed by atoms with Gasteiger partial charge in [-0.3, -0.25) is 0 Å². The number of ether oxygens (including phenoxy) is 2. The summed E-state index contributed by atoms with van der Waals surface area (Å²) in [7, 11) is 0. The fourth-order valence-corrected chi connectivity index (χ4v) is 4.33. The van der Waals surface area contributed by atoms with Crippen LogP contribution in [0.2, 0.25) is 0 Å². The molecule has 3 rings (SSSR count). The molecule has 0 saturated heterocycles. The second kappa shape index (κ2) is 11.5. The van der Waals surface area contributed by atoms with E-state index in [-0.39, 0.29) is 11.9 Å². The molecule has 0 amide bonds. The lowest BCUT2D eigenvalue weighted by Gasteiger charge is -2.29. The zero-order chi connectivity index (χ0) is 22.1. The zero-order valence-electron chi connectivity index (χ0n) is 18.3. The summed E-state index contributed by atoms with van der Waals surface area (Å²) >= 11 is 0. The van der Waals surface area contributed by atoms with Gasteiger partial charge >= 0.3 is 11.9 Å². The first-order chi connectivity index (χ1) is 15.1. The van der Waals surface area contributed by atoms with Crippen molar-refractivity contribution in [2.24, 2.45) is 5.92 Å². The summed E-state index contributed by atoms with van der Waals surface area (Å²) in [6, 6.07) is 15.6. The van der Waals surface area contributed by atoms with Gasteiger partial charge in [0.15, 0.2) is 0 Å². The molecular formula is C27H32O4. The Morgan fingerprint density at radius 2 is 1.74 bits per heavy atom. The van der Waals surface area contributed by atoms with E-state index in [2.05, 4.69) is 18.7 Å². The fourth-order valence-electron chi connectivity index (χ4n) is 4.33. The number of carbonyl (C=O) groups is 2. The number of esters is 2. The summed E-state index contributed by atoms with van der Waals surface area (Å²) < 4.78 is 10.7. The molecule has 0 heterocycles. The smallest absolute Gasteiger partial charge is 0.343 e. The lowest BCUT2D eigenvalue weighted by Crippen LogP contribution is -2.15. The Kier molecular flexibility index (Phi) is 8.45. The van der Waals surface area contributed by atoms with Crippen LogP contribution < -0.4 is 4.74 Å². The highest BCUT2D eigenvalue weighted by atomic mass is 16.5.